The molecule has 0 bridgehead atoms. The van der Waals surface area contributed by atoms with Crippen molar-refractivity contribution in [3.63, 3.8) is 0 Å². The molecule has 0 fully saturated rings. The predicted molar refractivity (Wildman–Crippen MR) is 80.0 cm³/mol. The summed E-state index contributed by atoms with van der Waals surface area (Å²) in [6.45, 7) is 2.07. The van der Waals surface area contributed by atoms with Crippen LogP contribution in [0, 0.1) is 0 Å². The molecule has 0 aliphatic carbocycles. The van der Waals surface area contributed by atoms with Crippen molar-refractivity contribution < 1.29 is 0 Å². The number of hydrogen-bond donors (Lipinski definition) is 0. The first-order valence-electron chi connectivity index (χ1n) is 5.15. The van der Waals surface area contributed by atoms with Gasteiger partial charge in [0.05, 0.1) is 31.5 Å². The number of aromatic nitrogens is 2. The number of rotatable bonds is 2. The Labute approximate surface area is 111 Å². The molecule has 2 aromatic heterocycles. The molecule has 0 saturated heterocycles. The molecule has 0 N–H and O–H groups in total. The zero-order valence-corrected chi connectivity index (χ0v) is 11.9. The maximum atomic E-state index is 4.51. The topological polar surface area (TPSA) is 25.8 Å². The molecule has 0 spiro atoms. The third-order valence-electron chi connectivity index (χ3n) is 2.65. The summed E-state index contributed by atoms with van der Waals surface area (Å²) in [4.78, 5) is 10.2. The smallest absolute Gasteiger partial charge is 0.0911 e. The first-order chi connectivity index (χ1) is 8.35. The van der Waals surface area contributed by atoms with Crippen molar-refractivity contribution >= 4 is 59.8 Å². The van der Waals surface area contributed by atoms with Gasteiger partial charge < -0.3 is 0 Å². The number of hydrogen-bond acceptors (Lipinski definition) is 5. The molecule has 2 heterocycles. The van der Waals surface area contributed by atoms with Crippen molar-refractivity contribution in [1.29, 1.82) is 0 Å². The van der Waals surface area contributed by atoms with Gasteiger partial charge in [0.15, 0.2) is 0 Å². The highest BCUT2D eigenvalue weighted by Crippen LogP contribution is 2.39. The van der Waals surface area contributed by atoms with Crippen LogP contribution in [0.15, 0.2) is 23.2 Å². The minimum absolute atomic E-state index is 1.08. The number of allylic oxidation sites excluding steroid dienone is 1. The molecule has 17 heavy (non-hydrogen) atoms. The van der Waals surface area contributed by atoms with E-state index in [9.17, 15) is 0 Å². The van der Waals surface area contributed by atoms with E-state index in [2.05, 4.69) is 35.3 Å². The van der Waals surface area contributed by atoms with Crippen molar-refractivity contribution in [2.75, 3.05) is 6.26 Å². The summed E-state index contributed by atoms with van der Waals surface area (Å²) in [5.41, 5.74) is 7.25. The van der Waals surface area contributed by atoms with Crippen LogP contribution in [0.2, 0.25) is 0 Å². The minimum atomic E-state index is 1.08. The highest BCUT2D eigenvalue weighted by atomic mass is 32.2. The van der Waals surface area contributed by atoms with E-state index in [4.69, 9.17) is 0 Å². The molecule has 0 saturated carbocycles. The molecular weight excluding hydrogens is 268 g/mol. The fourth-order valence-electron chi connectivity index (χ4n) is 1.91. The maximum absolute atomic E-state index is 4.51. The number of nitrogens with zero attached hydrogens (tertiary/aromatic N) is 2. The summed E-state index contributed by atoms with van der Waals surface area (Å²) in [6.07, 6.45) is 4.26. The molecule has 2 nitrogen and oxygen atoms in total. The molecular formula is C12H10N2S3. The number of thioether (sulfide) groups is 1. The van der Waals surface area contributed by atoms with E-state index >= 15 is 0 Å². The molecule has 3 aromatic rings. The first kappa shape index (κ1) is 11.2. The Hall–Kier alpha value is -0.910. The molecule has 0 unspecified atom stereocenters. The van der Waals surface area contributed by atoms with Gasteiger partial charge in [0.1, 0.15) is 0 Å². The number of fused-ring (bicyclic) bond motifs is 2. The van der Waals surface area contributed by atoms with Gasteiger partial charge in [0, 0.05) is 10.5 Å². The summed E-state index contributed by atoms with van der Waals surface area (Å²) < 4.78 is 2.46. The van der Waals surface area contributed by atoms with Gasteiger partial charge in [0.25, 0.3) is 0 Å². The molecule has 0 aliphatic heterocycles. The fourth-order valence-corrected chi connectivity index (χ4v) is 4.16. The van der Waals surface area contributed by atoms with Crippen molar-refractivity contribution in [2.45, 2.75) is 6.92 Å². The van der Waals surface area contributed by atoms with Gasteiger partial charge in [-0.05, 0) is 19.2 Å². The maximum Gasteiger partial charge on any atom is 0.0911 e. The van der Waals surface area contributed by atoms with Gasteiger partial charge in [-0.25, -0.2) is 9.97 Å². The molecule has 1 aromatic carbocycles. The van der Waals surface area contributed by atoms with Crippen LogP contribution in [0.5, 0.6) is 0 Å². The monoisotopic (exact) mass is 278 g/mol. The van der Waals surface area contributed by atoms with Crippen molar-refractivity contribution in [3.8, 4) is 0 Å². The summed E-state index contributed by atoms with van der Waals surface area (Å²) in [5, 5.41) is 0. The van der Waals surface area contributed by atoms with E-state index in [0.717, 1.165) is 11.0 Å². The summed E-state index contributed by atoms with van der Waals surface area (Å²) >= 11 is 5.13. The van der Waals surface area contributed by atoms with Crippen LogP contribution in [-0.2, 0) is 0 Å². The van der Waals surface area contributed by atoms with Gasteiger partial charge in [-0.1, -0.05) is 6.08 Å². The van der Waals surface area contributed by atoms with Gasteiger partial charge >= 0.3 is 0 Å². The highest BCUT2D eigenvalue weighted by Gasteiger charge is 2.14. The number of thiazole rings is 2. The minimum Gasteiger partial charge on any atom is -0.245 e. The summed E-state index contributed by atoms with van der Waals surface area (Å²) in [6, 6.07) is 2.13. The normalized spacial score (nSPS) is 12.7. The average Bonchev–Trinajstić information content (AvgIpc) is 2.96. The average molecular weight is 278 g/mol. The quantitative estimate of drug-likeness (QED) is 0.683. The Morgan fingerprint density at radius 3 is 2.88 bits per heavy atom. The SMILES string of the molecule is C/C=C(\SC)c1c2ncsc2cc2ncsc12. The lowest BCUT2D eigenvalue weighted by atomic mass is 10.1. The van der Waals surface area contributed by atoms with Crippen LogP contribution in [0.4, 0.5) is 0 Å². The van der Waals surface area contributed by atoms with Crippen LogP contribution in [-0.4, -0.2) is 16.2 Å². The third kappa shape index (κ3) is 1.69. The van der Waals surface area contributed by atoms with Gasteiger partial charge in [0.2, 0.25) is 0 Å². The van der Waals surface area contributed by atoms with E-state index in [1.807, 2.05) is 11.0 Å². The van der Waals surface area contributed by atoms with Gasteiger partial charge in [-0.3, -0.25) is 0 Å². The van der Waals surface area contributed by atoms with Crippen LogP contribution in [0.3, 0.4) is 0 Å². The lowest BCUT2D eigenvalue weighted by molar-refractivity contribution is 1.48. The Morgan fingerprint density at radius 1 is 1.29 bits per heavy atom. The van der Waals surface area contributed by atoms with Crippen LogP contribution in [0.25, 0.3) is 25.3 Å². The summed E-state index contributed by atoms with van der Waals surface area (Å²) in [5.74, 6) is 0. The van der Waals surface area contributed by atoms with Crippen molar-refractivity contribution in [1.82, 2.24) is 9.97 Å². The van der Waals surface area contributed by atoms with Gasteiger partial charge in [-0.15, -0.1) is 34.4 Å². The van der Waals surface area contributed by atoms with Gasteiger partial charge in [-0.2, -0.15) is 0 Å². The third-order valence-corrected chi connectivity index (χ3v) is 5.17. The van der Waals surface area contributed by atoms with Crippen molar-refractivity contribution in [3.05, 3.63) is 28.7 Å². The molecule has 86 valence electrons. The fraction of sp³-hybridized carbons (Fsp3) is 0.167. The second-order valence-electron chi connectivity index (χ2n) is 3.51. The largest absolute Gasteiger partial charge is 0.245 e. The van der Waals surface area contributed by atoms with E-state index in [0.29, 0.717) is 0 Å². The first-order valence-corrected chi connectivity index (χ1v) is 8.13. The molecule has 0 aliphatic rings. The Balaban J connectivity index is 2.50. The Morgan fingerprint density at radius 2 is 2.12 bits per heavy atom. The molecule has 5 heteroatoms. The lowest BCUT2D eigenvalue weighted by Gasteiger charge is -2.06. The van der Waals surface area contributed by atoms with Crippen LogP contribution < -0.4 is 0 Å². The van der Waals surface area contributed by atoms with E-state index in [-0.39, 0.29) is 0 Å². The van der Waals surface area contributed by atoms with Crippen LogP contribution >= 0.6 is 34.4 Å². The summed E-state index contributed by atoms with van der Waals surface area (Å²) in [7, 11) is 0. The van der Waals surface area contributed by atoms with Crippen molar-refractivity contribution in [2.24, 2.45) is 0 Å². The lowest BCUT2D eigenvalue weighted by Crippen LogP contribution is -1.84. The molecule has 3 rings (SSSR count). The predicted octanol–water partition coefficient (Wildman–Crippen LogP) is 4.63. The Kier molecular flexibility index (Phi) is 2.90. The van der Waals surface area contributed by atoms with E-state index in [1.54, 1.807) is 34.4 Å². The molecule has 0 atom stereocenters. The number of benzene rings is 1. The van der Waals surface area contributed by atoms with E-state index in [1.165, 1.54) is 19.9 Å². The Bertz CT molecular complexity index is 660. The second kappa shape index (κ2) is 4.40. The molecule has 0 radical (unpaired) electrons. The zero-order valence-electron chi connectivity index (χ0n) is 9.43. The molecule has 0 amide bonds. The zero-order chi connectivity index (χ0) is 11.8. The van der Waals surface area contributed by atoms with Crippen LogP contribution in [0.1, 0.15) is 12.5 Å². The van der Waals surface area contributed by atoms with E-state index < -0.39 is 0 Å². The highest BCUT2D eigenvalue weighted by molar-refractivity contribution is 8.07. The standard InChI is InChI=1S/C12H10N2S3/c1-3-8(15-2)10-11-9(16-6-14-11)4-7-12(10)17-5-13-7/h3-6H,1-2H3/b8-3-. The second-order valence-corrected chi connectivity index (χ2v) is 6.10.